The van der Waals surface area contributed by atoms with Crippen LogP contribution >= 0.6 is 24.0 Å². The quantitative estimate of drug-likeness (QED) is 0.688. The molecule has 0 saturated carbocycles. The lowest BCUT2D eigenvalue weighted by Crippen LogP contribution is -1.91. The Morgan fingerprint density at radius 2 is 2.06 bits per heavy atom. The maximum atomic E-state index is 13.7. The SMILES string of the molecule is Fc1ccc(-c2csc3nnc(S)n23)c(F)c1. The monoisotopic (exact) mass is 269 g/mol. The summed E-state index contributed by atoms with van der Waals surface area (Å²) < 4.78 is 28.1. The molecule has 0 aliphatic carbocycles. The summed E-state index contributed by atoms with van der Waals surface area (Å²) in [6, 6.07) is 3.45. The largest absolute Gasteiger partial charge is 0.261 e. The zero-order valence-electron chi connectivity index (χ0n) is 8.26. The first-order chi connectivity index (χ1) is 8.16. The summed E-state index contributed by atoms with van der Waals surface area (Å²) in [5.74, 6) is -1.22. The molecule has 3 nitrogen and oxygen atoms in total. The Morgan fingerprint density at radius 3 is 2.82 bits per heavy atom. The molecular formula is C10H5F2N3S2. The van der Waals surface area contributed by atoms with Crippen molar-refractivity contribution in [2.24, 2.45) is 0 Å². The molecule has 0 bridgehead atoms. The van der Waals surface area contributed by atoms with E-state index in [0.717, 1.165) is 6.07 Å². The highest BCUT2D eigenvalue weighted by Crippen LogP contribution is 2.29. The number of hydrogen-bond acceptors (Lipinski definition) is 4. The van der Waals surface area contributed by atoms with Crippen molar-refractivity contribution in [2.45, 2.75) is 5.16 Å². The molecule has 0 saturated heterocycles. The fourth-order valence-corrected chi connectivity index (χ4v) is 2.73. The van der Waals surface area contributed by atoms with Crippen molar-refractivity contribution in [1.29, 1.82) is 0 Å². The van der Waals surface area contributed by atoms with E-state index in [1.54, 1.807) is 9.78 Å². The van der Waals surface area contributed by atoms with E-state index in [1.165, 1.54) is 23.5 Å². The molecule has 0 N–H and O–H groups in total. The third-order valence-electron chi connectivity index (χ3n) is 2.34. The molecule has 17 heavy (non-hydrogen) atoms. The molecule has 0 aliphatic rings. The standard InChI is InChI=1S/C10H5F2N3S2/c11-5-1-2-6(7(12)3-5)8-4-17-10-14-13-9(16)15(8)10/h1-4H,(H,13,16). The molecule has 0 unspecified atom stereocenters. The van der Waals surface area contributed by atoms with E-state index in [0.29, 0.717) is 21.4 Å². The molecule has 0 fully saturated rings. The number of thiazole rings is 1. The minimum atomic E-state index is -0.619. The third kappa shape index (κ3) is 1.62. The van der Waals surface area contributed by atoms with Crippen LogP contribution in [-0.4, -0.2) is 14.6 Å². The van der Waals surface area contributed by atoms with Gasteiger partial charge in [-0.3, -0.25) is 4.40 Å². The van der Waals surface area contributed by atoms with E-state index < -0.39 is 11.6 Å². The predicted molar refractivity (Wildman–Crippen MR) is 63.5 cm³/mol. The van der Waals surface area contributed by atoms with Crippen molar-refractivity contribution in [2.75, 3.05) is 0 Å². The Bertz CT molecular complexity index is 705. The van der Waals surface area contributed by atoms with Gasteiger partial charge in [0.1, 0.15) is 11.6 Å². The Morgan fingerprint density at radius 1 is 1.24 bits per heavy atom. The van der Waals surface area contributed by atoms with E-state index in [2.05, 4.69) is 22.8 Å². The smallest absolute Gasteiger partial charge is 0.217 e. The fourth-order valence-electron chi connectivity index (χ4n) is 1.59. The van der Waals surface area contributed by atoms with Gasteiger partial charge in [0.05, 0.1) is 5.69 Å². The average molecular weight is 269 g/mol. The maximum Gasteiger partial charge on any atom is 0.217 e. The third-order valence-corrected chi connectivity index (χ3v) is 3.45. The van der Waals surface area contributed by atoms with Crippen molar-refractivity contribution in [1.82, 2.24) is 14.6 Å². The number of hydrogen-bond donors (Lipinski definition) is 1. The van der Waals surface area contributed by atoms with Crippen molar-refractivity contribution in [3.8, 4) is 11.3 Å². The summed E-state index contributed by atoms with van der Waals surface area (Å²) >= 11 is 5.46. The van der Waals surface area contributed by atoms with Crippen LogP contribution in [0.25, 0.3) is 16.2 Å². The zero-order valence-corrected chi connectivity index (χ0v) is 9.97. The molecule has 3 aromatic rings. The highest BCUT2D eigenvalue weighted by molar-refractivity contribution is 7.80. The first-order valence-corrected chi connectivity index (χ1v) is 5.96. The molecule has 3 rings (SSSR count). The highest BCUT2D eigenvalue weighted by Gasteiger charge is 2.14. The van der Waals surface area contributed by atoms with Gasteiger partial charge in [0, 0.05) is 17.0 Å². The molecule has 0 aliphatic heterocycles. The van der Waals surface area contributed by atoms with Gasteiger partial charge in [0.2, 0.25) is 4.96 Å². The van der Waals surface area contributed by atoms with Gasteiger partial charge in [0.15, 0.2) is 5.16 Å². The molecule has 0 spiro atoms. The molecule has 0 radical (unpaired) electrons. The minimum Gasteiger partial charge on any atom is -0.261 e. The molecule has 0 atom stereocenters. The first-order valence-electron chi connectivity index (χ1n) is 4.64. The molecule has 0 amide bonds. The van der Waals surface area contributed by atoms with E-state index in [-0.39, 0.29) is 0 Å². The lowest BCUT2D eigenvalue weighted by molar-refractivity contribution is 0.585. The van der Waals surface area contributed by atoms with Crippen LogP contribution < -0.4 is 0 Å². The second-order valence-corrected chi connectivity index (χ2v) is 4.60. The lowest BCUT2D eigenvalue weighted by Gasteiger charge is -2.02. The van der Waals surface area contributed by atoms with E-state index in [4.69, 9.17) is 0 Å². The van der Waals surface area contributed by atoms with Crippen LogP contribution in [0, 0.1) is 11.6 Å². The lowest BCUT2D eigenvalue weighted by atomic mass is 10.1. The summed E-state index contributed by atoms with van der Waals surface area (Å²) in [5.41, 5.74) is 0.866. The van der Waals surface area contributed by atoms with Gasteiger partial charge >= 0.3 is 0 Å². The van der Waals surface area contributed by atoms with Gasteiger partial charge in [-0.15, -0.1) is 34.2 Å². The Labute approximate surface area is 104 Å². The zero-order chi connectivity index (χ0) is 12.0. The second-order valence-electron chi connectivity index (χ2n) is 3.36. The van der Waals surface area contributed by atoms with E-state index in [9.17, 15) is 8.78 Å². The maximum absolute atomic E-state index is 13.7. The number of benzene rings is 1. The molecule has 7 heteroatoms. The summed E-state index contributed by atoms with van der Waals surface area (Å²) in [6.45, 7) is 0. The van der Waals surface area contributed by atoms with Crippen LogP contribution in [0.3, 0.4) is 0 Å². The van der Waals surface area contributed by atoms with Crippen molar-refractivity contribution in [3.63, 3.8) is 0 Å². The van der Waals surface area contributed by atoms with Gasteiger partial charge in [-0.1, -0.05) is 0 Å². The number of nitrogens with zero attached hydrogens (tertiary/aromatic N) is 3. The van der Waals surface area contributed by atoms with Gasteiger partial charge in [-0.05, 0) is 12.1 Å². The van der Waals surface area contributed by atoms with Gasteiger partial charge < -0.3 is 0 Å². The summed E-state index contributed by atoms with van der Waals surface area (Å²) in [6.07, 6.45) is 0. The molecular weight excluding hydrogens is 264 g/mol. The Hall–Kier alpha value is -1.47. The highest BCUT2D eigenvalue weighted by atomic mass is 32.1. The molecule has 1 aromatic carbocycles. The van der Waals surface area contributed by atoms with Crippen molar-refractivity contribution >= 4 is 28.9 Å². The molecule has 86 valence electrons. The second kappa shape index (κ2) is 3.78. The van der Waals surface area contributed by atoms with Crippen molar-refractivity contribution in [3.05, 3.63) is 35.2 Å². The Balaban J connectivity index is 2.30. The Kier molecular flexibility index (Phi) is 2.37. The van der Waals surface area contributed by atoms with Crippen LogP contribution in [0.4, 0.5) is 8.78 Å². The van der Waals surface area contributed by atoms with Gasteiger partial charge in [-0.25, -0.2) is 8.78 Å². The average Bonchev–Trinajstić information content (AvgIpc) is 2.83. The van der Waals surface area contributed by atoms with Gasteiger partial charge in [0.25, 0.3) is 0 Å². The van der Waals surface area contributed by atoms with Crippen LogP contribution in [0.5, 0.6) is 0 Å². The number of fused-ring (bicyclic) bond motifs is 1. The van der Waals surface area contributed by atoms with Gasteiger partial charge in [-0.2, -0.15) is 0 Å². The number of aromatic nitrogens is 3. The van der Waals surface area contributed by atoms with Crippen molar-refractivity contribution < 1.29 is 8.78 Å². The summed E-state index contributed by atoms with van der Waals surface area (Å²) in [4.78, 5) is 0.619. The fraction of sp³-hybridized carbons (Fsp3) is 0. The minimum absolute atomic E-state index is 0.299. The van der Waals surface area contributed by atoms with Crippen LogP contribution in [0.1, 0.15) is 0 Å². The van der Waals surface area contributed by atoms with Crippen LogP contribution in [0.15, 0.2) is 28.7 Å². The summed E-state index contributed by atoms with van der Waals surface area (Å²) in [5, 5.41) is 9.76. The molecule has 2 heterocycles. The van der Waals surface area contributed by atoms with Crippen LogP contribution in [0.2, 0.25) is 0 Å². The van der Waals surface area contributed by atoms with E-state index >= 15 is 0 Å². The van der Waals surface area contributed by atoms with E-state index in [1.807, 2.05) is 0 Å². The molecule has 2 aromatic heterocycles. The first kappa shape index (κ1) is 10.7. The topological polar surface area (TPSA) is 30.2 Å². The van der Waals surface area contributed by atoms with Crippen LogP contribution in [-0.2, 0) is 0 Å². The normalized spacial score (nSPS) is 11.2. The summed E-state index contributed by atoms with van der Waals surface area (Å²) in [7, 11) is 0. The number of rotatable bonds is 1. The number of thiol groups is 1. The number of halogens is 2. The predicted octanol–water partition coefficient (Wildman–Crippen LogP) is 3.02.